The van der Waals surface area contributed by atoms with Crippen LogP contribution in [0.2, 0.25) is 0 Å². The predicted molar refractivity (Wildman–Crippen MR) is 103 cm³/mol. The van der Waals surface area contributed by atoms with Gasteiger partial charge in [0, 0.05) is 30.4 Å². The van der Waals surface area contributed by atoms with E-state index in [1.54, 1.807) is 6.92 Å². The van der Waals surface area contributed by atoms with Gasteiger partial charge in [0.1, 0.15) is 5.82 Å². The van der Waals surface area contributed by atoms with Crippen LogP contribution in [0.15, 0.2) is 36.4 Å². The number of carbonyl (C=O) groups is 2. The Balaban J connectivity index is 2.34. The lowest BCUT2D eigenvalue weighted by molar-refractivity contribution is -0.160. The SMILES string of the molecule is CCCN(CC(C)O)C(=O)C(F)(F)c1cc(C(=O)Nc2ccc(F)c(F)c2)ccc1F. The molecule has 0 aliphatic carbocycles. The maximum absolute atomic E-state index is 14.9. The number of hydrogen-bond acceptors (Lipinski definition) is 3. The first-order valence-electron chi connectivity index (χ1n) is 9.39. The van der Waals surface area contributed by atoms with Crippen LogP contribution in [0.1, 0.15) is 36.2 Å². The smallest absolute Gasteiger partial charge is 0.352 e. The van der Waals surface area contributed by atoms with Crippen LogP contribution in [0, 0.1) is 17.5 Å². The first-order valence-corrected chi connectivity index (χ1v) is 9.39. The zero-order chi connectivity index (χ0) is 23.3. The summed E-state index contributed by atoms with van der Waals surface area (Å²) in [5, 5.41) is 11.6. The van der Waals surface area contributed by atoms with Gasteiger partial charge in [0.15, 0.2) is 11.6 Å². The first kappa shape index (κ1) is 24.3. The van der Waals surface area contributed by atoms with Crippen LogP contribution < -0.4 is 5.32 Å². The Morgan fingerprint density at radius 3 is 2.29 bits per heavy atom. The van der Waals surface area contributed by atoms with E-state index < -0.39 is 52.4 Å². The Morgan fingerprint density at radius 1 is 1.06 bits per heavy atom. The zero-order valence-corrected chi connectivity index (χ0v) is 16.8. The summed E-state index contributed by atoms with van der Waals surface area (Å²) in [6, 6.07) is 4.54. The van der Waals surface area contributed by atoms with Crippen LogP contribution in [-0.2, 0) is 10.7 Å². The number of nitrogens with zero attached hydrogens (tertiary/aromatic N) is 1. The molecule has 0 fully saturated rings. The summed E-state index contributed by atoms with van der Waals surface area (Å²) in [4.78, 5) is 25.5. The van der Waals surface area contributed by atoms with Gasteiger partial charge < -0.3 is 15.3 Å². The van der Waals surface area contributed by atoms with Gasteiger partial charge in [-0.1, -0.05) is 6.92 Å². The summed E-state index contributed by atoms with van der Waals surface area (Å²) < 4.78 is 70.2. The molecule has 0 spiro atoms. The standard InChI is InChI=1S/C21H21F5N2O3/c1-3-8-28(11-12(2)29)20(31)21(25,26)15-9-13(4-6-16(15)22)19(30)27-14-5-7-17(23)18(24)10-14/h4-7,9-10,12,29H,3,8,11H2,1-2H3,(H,27,30). The molecule has 0 bridgehead atoms. The second-order valence-electron chi connectivity index (χ2n) is 6.95. The molecule has 2 N–H and O–H groups in total. The number of aliphatic hydroxyl groups excluding tert-OH is 1. The molecule has 5 nitrogen and oxygen atoms in total. The Hall–Kier alpha value is -3.01. The number of aliphatic hydroxyl groups is 1. The number of rotatable bonds is 8. The summed E-state index contributed by atoms with van der Waals surface area (Å²) in [7, 11) is 0. The van der Waals surface area contributed by atoms with Gasteiger partial charge in [0.05, 0.1) is 11.7 Å². The minimum absolute atomic E-state index is 0.0861. The number of alkyl halides is 2. The van der Waals surface area contributed by atoms with Gasteiger partial charge in [-0.05, 0) is 43.7 Å². The van der Waals surface area contributed by atoms with Crippen LogP contribution in [0.3, 0.4) is 0 Å². The van der Waals surface area contributed by atoms with Crippen LogP contribution in [-0.4, -0.2) is 41.0 Å². The van der Waals surface area contributed by atoms with Crippen molar-refractivity contribution in [1.82, 2.24) is 4.90 Å². The summed E-state index contributed by atoms with van der Waals surface area (Å²) in [6.07, 6.45) is -0.752. The van der Waals surface area contributed by atoms with Gasteiger partial charge in [0.2, 0.25) is 0 Å². The average Bonchev–Trinajstić information content (AvgIpc) is 2.69. The molecule has 2 rings (SSSR count). The van der Waals surface area contributed by atoms with Crippen molar-refractivity contribution >= 4 is 17.5 Å². The second-order valence-corrected chi connectivity index (χ2v) is 6.95. The fourth-order valence-electron chi connectivity index (χ4n) is 2.86. The normalized spacial score (nSPS) is 12.4. The molecule has 0 heterocycles. The van der Waals surface area contributed by atoms with Crippen molar-refractivity contribution in [3.8, 4) is 0 Å². The fraction of sp³-hybridized carbons (Fsp3) is 0.333. The van der Waals surface area contributed by atoms with E-state index in [9.17, 15) is 36.6 Å². The van der Waals surface area contributed by atoms with E-state index in [4.69, 9.17) is 0 Å². The molecule has 2 aromatic carbocycles. The Bertz CT molecular complexity index is 966. The third-order valence-electron chi connectivity index (χ3n) is 4.28. The van der Waals surface area contributed by atoms with Crippen molar-refractivity contribution in [2.45, 2.75) is 32.3 Å². The highest BCUT2D eigenvalue weighted by atomic mass is 19.3. The fourth-order valence-corrected chi connectivity index (χ4v) is 2.86. The molecule has 168 valence electrons. The van der Waals surface area contributed by atoms with E-state index in [1.165, 1.54) is 6.92 Å². The lowest BCUT2D eigenvalue weighted by Gasteiger charge is -2.28. The van der Waals surface area contributed by atoms with Crippen LogP contribution in [0.5, 0.6) is 0 Å². The second kappa shape index (κ2) is 9.86. The largest absolute Gasteiger partial charge is 0.392 e. The molecular formula is C21H21F5N2O3. The predicted octanol–water partition coefficient (Wildman–Crippen LogP) is 4.07. The highest BCUT2D eigenvalue weighted by molar-refractivity contribution is 6.04. The number of hydrogen-bond donors (Lipinski definition) is 2. The topological polar surface area (TPSA) is 69.6 Å². The minimum Gasteiger partial charge on any atom is -0.392 e. The molecule has 31 heavy (non-hydrogen) atoms. The van der Waals surface area contributed by atoms with Gasteiger partial charge in [0.25, 0.3) is 11.8 Å². The molecule has 0 aliphatic heterocycles. The van der Waals surface area contributed by atoms with E-state index in [-0.39, 0.29) is 18.8 Å². The van der Waals surface area contributed by atoms with E-state index in [2.05, 4.69) is 5.32 Å². The van der Waals surface area contributed by atoms with E-state index in [0.717, 1.165) is 23.1 Å². The van der Waals surface area contributed by atoms with Gasteiger partial charge in [-0.25, -0.2) is 13.2 Å². The van der Waals surface area contributed by atoms with E-state index in [0.29, 0.717) is 24.6 Å². The van der Waals surface area contributed by atoms with Crippen molar-refractivity contribution in [3.63, 3.8) is 0 Å². The van der Waals surface area contributed by atoms with Gasteiger partial charge >= 0.3 is 5.92 Å². The molecule has 1 unspecified atom stereocenters. The van der Waals surface area contributed by atoms with Crippen molar-refractivity contribution < 1.29 is 36.6 Å². The number of halogens is 5. The van der Waals surface area contributed by atoms with E-state index >= 15 is 0 Å². The first-order chi connectivity index (χ1) is 14.5. The number of amides is 2. The summed E-state index contributed by atoms with van der Waals surface area (Å²) in [5.74, 6) is -10.8. The number of nitrogens with one attached hydrogen (secondary N) is 1. The molecule has 0 saturated carbocycles. The average molecular weight is 444 g/mol. The van der Waals surface area contributed by atoms with Crippen molar-refractivity contribution in [2.24, 2.45) is 0 Å². The molecule has 0 aromatic heterocycles. The Kier molecular flexibility index (Phi) is 7.72. The molecule has 0 saturated heterocycles. The molecule has 2 aromatic rings. The van der Waals surface area contributed by atoms with E-state index in [1.807, 2.05) is 0 Å². The van der Waals surface area contributed by atoms with Crippen molar-refractivity contribution in [1.29, 1.82) is 0 Å². The quantitative estimate of drug-likeness (QED) is 0.604. The molecular weight excluding hydrogens is 423 g/mol. The Morgan fingerprint density at radius 2 is 1.71 bits per heavy atom. The maximum atomic E-state index is 14.9. The number of anilines is 1. The number of benzene rings is 2. The third-order valence-corrected chi connectivity index (χ3v) is 4.28. The zero-order valence-electron chi connectivity index (χ0n) is 16.8. The summed E-state index contributed by atoms with van der Waals surface area (Å²) in [5.41, 5.74) is -1.89. The van der Waals surface area contributed by atoms with Gasteiger partial charge in [-0.3, -0.25) is 9.59 Å². The van der Waals surface area contributed by atoms with Crippen molar-refractivity contribution in [3.05, 3.63) is 65.0 Å². The molecule has 0 aliphatic rings. The lowest BCUT2D eigenvalue weighted by Crippen LogP contribution is -2.45. The van der Waals surface area contributed by atoms with Gasteiger partial charge in [-0.15, -0.1) is 0 Å². The molecule has 1 atom stereocenters. The summed E-state index contributed by atoms with van der Waals surface area (Å²) in [6.45, 7) is 2.50. The highest BCUT2D eigenvalue weighted by Crippen LogP contribution is 2.33. The highest BCUT2D eigenvalue weighted by Gasteiger charge is 2.46. The third kappa shape index (κ3) is 5.78. The molecule has 10 heteroatoms. The molecule has 0 radical (unpaired) electrons. The summed E-state index contributed by atoms with van der Waals surface area (Å²) >= 11 is 0. The molecule has 2 amide bonds. The number of carbonyl (C=O) groups excluding carboxylic acids is 2. The minimum atomic E-state index is -4.31. The van der Waals surface area contributed by atoms with Crippen molar-refractivity contribution in [2.75, 3.05) is 18.4 Å². The lowest BCUT2D eigenvalue weighted by atomic mass is 10.0. The van der Waals surface area contributed by atoms with Gasteiger partial charge in [-0.2, -0.15) is 8.78 Å². The van der Waals surface area contributed by atoms with Crippen LogP contribution in [0.25, 0.3) is 0 Å². The van der Waals surface area contributed by atoms with Crippen LogP contribution >= 0.6 is 0 Å². The monoisotopic (exact) mass is 444 g/mol. The van der Waals surface area contributed by atoms with Crippen LogP contribution in [0.4, 0.5) is 27.6 Å². The maximum Gasteiger partial charge on any atom is 0.352 e. The Labute approximate surface area is 175 Å².